The lowest BCUT2D eigenvalue weighted by molar-refractivity contribution is 0.421. The summed E-state index contributed by atoms with van der Waals surface area (Å²) in [7, 11) is 0. The van der Waals surface area contributed by atoms with Crippen molar-refractivity contribution in [1.29, 1.82) is 0 Å². The van der Waals surface area contributed by atoms with Gasteiger partial charge in [-0.1, -0.05) is 13.8 Å². The van der Waals surface area contributed by atoms with Crippen LogP contribution in [0.15, 0.2) is 16.6 Å². The highest BCUT2D eigenvalue weighted by molar-refractivity contribution is 9.10. The third kappa shape index (κ3) is 2.04. The Labute approximate surface area is 108 Å². The molecule has 0 amide bonds. The molecule has 17 heavy (non-hydrogen) atoms. The Hall–Kier alpha value is -1.10. The molecule has 92 valence electrons. The molecule has 0 spiro atoms. The first-order valence-corrected chi connectivity index (χ1v) is 6.33. The van der Waals surface area contributed by atoms with E-state index in [1.54, 1.807) is 6.07 Å². The van der Waals surface area contributed by atoms with Gasteiger partial charge in [0.25, 0.3) is 0 Å². The first kappa shape index (κ1) is 12.4. The van der Waals surface area contributed by atoms with Crippen LogP contribution in [0, 0.1) is 11.7 Å². The van der Waals surface area contributed by atoms with Crippen molar-refractivity contribution in [3.63, 3.8) is 0 Å². The second kappa shape index (κ2) is 4.29. The summed E-state index contributed by atoms with van der Waals surface area (Å²) < 4.78 is 15.8. The number of imidazole rings is 1. The maximum Gasteiger partial charge on any atom is 0.201 e. The van der Waals surface area contributed by atoms with E-state index in [-0.39, 0.29) is 11.9 Å². The van der Waals surface area contributed by atoms with Crippen molar-refractivity contribution in [2.45, 2.75) is 26.8 Å². The molecule has 2 N–H and O–H groups in total. The second-order valence-electron chi connectivity index (χ2n) is 4.58. The SMILES string of the molecule is CC(C)C(C)n1c(N)nc2cc(F)c(Br)cc21. The van der Waals surface area contributed by atoms with E-state index >= 15 is 0 Å². The maximum absolute atomic E-state index is 13.4. The maximum atomic E-state index is 13.4. The summed E-state index contributed by atoms with van der Waals surface area (Å²) in [4.78, 5) is 4.20. The van der Waals surface area contributed by atoms with E-state index in [9.17, 15) is 4.39 Å². The van der Waals surface area contributed by atoms with Gasteiger partial charge in [-0.15, -0.1) is 0 Å². The average Bonchev–Trinajstić information content (AvgIpc) is 2.53. The van der Waals surface area contributed by atoms with E-state index in [2.05, 4.69) is 41.7 Å². The predicted molar refractivity (Wildman–Crippen MR) is 71.4 cm³/mol. The third-order valence-corrected chi connectivity index (χ3v) is 3.74. The molecule has 2 aromatic rings. The molecule has 3 nitrogen and oxygen atoms in total. The van der Waals surface area contributed by atoms with Gasteiger partial charge in [0.2, 0.25) is 5.95 Å². The molecule has 0 radical (unpaired) electrons. The molecular weight excluding hydrogens is 285 g/mol. The molecule has 5 heteroatoms. The molecular formula is C12H15BrFN3. The molecule has 0 saturated heterocycles. The fourth-order valence-electron chi connectivity index (χ4n) is 1.84. The Morgan fingerprint density at radius 1 is 1.35 bits per heavy atom. The summed E-state index contributed by atoms with van der Waals surface area (Å²) in [6, 6.07) is 3.35. The highest BCUT2D eigenvalue weighted by atomic mass is 79.9. The van der Waals surface area contributed by atoms with Gasteiger partial charge in [-0.2, -0.15) is 0 Å². The summed E-state index contributed by atoms with van der Waals surface area (Å²) in [5.74, 6) is 0.538. The van der Waals surface area contributed by atoms with Crippen LogP contribution in [0.25, 0.3) is 11.0 Å². The monoisotopic (exact) mass is 299 g/mol. The summed E-state index contributed by atoms with van der Waals surface area (Å²) in [5, 5.41) is 0. The zero-order valence-electron chi connectivity index (χ0n) is 10.0. The quantitative estimate of drug-likeness (QED) is 0.918. The minimum Gasteiger partial charge on any atom is -0.369 e. The standard InChI is InChI=1S/C12H15BrFN3/c1-6(2)7(3)17-11-4-8(13)9(14)5-10(11)16-12(17)15/h4-7H,1-3H3,(H2,15,16). The number of aromatic nitrogens is 2. The number of halogens is 2. The highest BCUT2D eigenvalue weighted by Gasteiger charge is 2.18. The minimum absolute atomic E-state index is 0.220. The minimum atomic E-state index is -0.320. The molecule has 0 aliphatic carbocycles. The van der Waals surface area contributed by atoms with Crippen LogP contribution < -0.4 is 5.73 Å². The molecule has 0 fully saturated rings. The molecule has 2 rings (SSSR count). The second-order valence-corrected chi connectivity index (χ2v) is 5.43. The fourth-order valence-corrected chi connectivity index (χ4v) is 2.17. The average molecular weight is 300 g/mol. The van der Waals surface area contributed by atoms with Crippen molar-refractivity contribution < 1.29 is 4.39 Å². The van der Waals surface area contributed by atoms with Gasteiger partial charge in [-0.05, 0) is 34.8 Å². The van der Waals surface area contributed by atoms with Gasteiger partial charge >= 0.3 is 0 Å². The zero-order chi connectivity index (χ0) is 12.7. The van der Waals surface area contributed by atoms with E-state index in [4.69, 9.17) is 5.73 Å². The number of hydrogen-bond donors (Lipinski definition) is 1. The third-order valence-electron chi connectivity index (χ3n) is 3.13. The molecule has 1 atom stereocenters. The molecule has 0 saturated carbocycles. The molecule has 1 aromatic heterocycles. The van der Waals surface area contributed by atoms with Crippen LogP contribution in [0.5, 0.6) is 0 Å². The smallest absolute Gasteiger partial charge is 0.201 e. The van der Waals surface area contributed by atoms with Crippen molar-refractivity contribution in [3.8, 4) is 0 Å². The van der Waals surface area contributed by atoms with Crippen molar-refractivity contribution in [1.82, 2.24) is 9.55 Å². The fraction of sp³-hybridized carbons (Fsp3) is 0.417. The van der Waals surface area contributed by atoms with Gasteiger partial charge in [0.1, 0.15) is 5.82 Å². The molecule has 0 aliphatic rings. The van der Waals surface area contributed by atoms with E-state index in [0.29, 0.717) is 21.9 Å². The first-order chi connectivity index (χ1) is 7.91. The van der Waals surface area contributed by atoms with Crippen LogP contribution in [0.4, 0.5) is 10.3 Å². The summed E-state index contributed by atoms with van der Waals surface area (Å²) in [5.41, 5.74) is 7.36. The Kier molecular flexibility index (Phi) is 3.12. The topological polar surface area (TPSA) is 43.8 Å². The lowest BCUT2D eigenvalue weighted by atomic mass is 10.1. The van der Waals surface area contributed by atoms with E-state index < -0.39 is 0 Å². The number of hydrogen-bond acceptors (Lipinski definition) is 2. The Morgan fingerprint density at radius 2 is 2.00 bits per heavy atom. The number of benzene rings is 1. The van der Waals surface area contributed by atoms with Crippen molar-refractivity contribution >= 4 is 32.9 Å². The van der Waals surface area contributed by atoms with Crippen LogP contribution in [0.3, 0.4) is 0 Å². The number of nitrogen functional groups attached to an aromatic ring is 1. The summed E-state index contributed by atoms with van der Waals surface area (Å²) >= 11 is 3.19. The number of fused-ring (bicyclic) bond motifs is 1. The number of rotatable bonds is 2. The van der Waals surface area contributed by atoms with Crippen LogP contribution in [0.1, 0.15) is 26.8 Å². The van der Waals surface area contributed by atoms with E-state index in [1.165, 1.54) is 6.07 Å². The number of anilines is 1. The van der Waals surface area contributed by atoms with Gasteiger partial charge in [0.15, 0.2) is 0 Å². The number of nitrogens with two attached hydrogens (primary N) is 1. The van der Waals surface area contributed by atoms with Crippen molar-refractivity contribution in [2.75, 3.05) is 5.73 Å². The van der Waals surface area contributed by atoms with Gasteiger partial charge in [0.05, 0.1) is 15.5 Å². The summed E-state index contributed by atoms with van der Waals surface area (Å²) in [6.45, 7) is 6.32. The van der Waals surface area contributed by atoms with Gasteiger partial charge in [0, 0.05) is 12.1 Å². The van der Waals surface area contributed by atoms with E-state index in [0.717, 1.165) is 5.52 Å². The Morgan fingerprint density at radius 3 is 2.59 bits per heavy atom. The van der Waals surface area contributed by atoms with E-state index in [1.807, 2.05) is 4.57 Å². The molecule has 0 aliphatic heterocycles. The van der Waals surface area contributed by atoms with Crippen LogP contribution in [-0.2, 0) is 0 Å². The highest BCUT2D eigenvalue weighted by Crippen LogP contribution is 2.30. The zero-order valence-corrected chi connectivity index (χ0v) is 11.6. The normalized spacial score (nSPS) is 13.5. The largest absolute Gasteiger partial charge is 0.369 e. The summed E-state index contributed by atoms with van der Waals surface area (Å²) in [6.07, 6.45) is 0. The Balaban J connectivity index is 2.70. The predicted octanol–water partition coefficient (Wildman–Crippen LogP) is 3.74. The van der Waals surface area contributed by atoms with Gasteiger partial charge in [-0.3, -0.25) is 0 Å². The van der Waals surface area contributed by atoms with Gasteiger partial charge in [-0.25, -0.2) is 9.37 Å². The van der Waals surface area contributed by atoms with Crippen LogP contribution in [-0.4, -0.2) is 9.55 Å². The van der Waals surface area contributed by atoms with Crippen molar-refractivity contribution in [3.05, 3.63) is 22.4 Å². The molecule has 1 aromatic carbocycles. The van der Waals surface area contributed by atoms with Gasteiger partial charge < -0.3 is 10.3 Å². The van der Waals surface area contributed by atoms with Crippen LogP contribution >= 0.6 is 15.9 Å². The first-order valence-electron chi connectivity index (χ1n) is 5.54. The lowest BCUT2D eigenvalue weighted by Crippen LogP contribution is -2.13. The Bertz CT molecular complexity index is 562. The molecule has 1 unspecified atom stereocenters. The van der Waals surface area contributed by atoms with Crippen molar-refractivity contribution in [2.24, 2.45) is 5.92 Å². The number of nitrogens with zero attached hydrogens (tertiary/aromatic N) is 2. The molecule has 0 bridgehead atoms. The molecule has 1 heterocycles. The van der Waals surface area contributed by atoms with Crippen LogP contribution in [0.2, 0.25) is 0 Å². The lowest BCUT2D eigenvalue weighted by Gasteiger charge is -2.19.